The van der Waals surface area contributed by atoms with E-state index in [9.17, 15) is 4.79 Å². The van der Waals surface area contributed by atoms with E-state index in [0.717, 1.165) is 18.4 Å². The summed E-state index contributed by atoms with van der Waals surface area (Å²) in [5, 5.41) is 2.50. The fourth-order valence-corrected chi connectivity index (χ4v) is 3.06. The third-order valence-corrected chi connectivity index (χ3v) is 4.06. The highest BCUT2D eigenvalue weighted by molar-refractivity contribution is 6.03. The van der Waals surface area contributed by atoms with Crippen molar-refractivity contribution in [3.63, 3.8) is 0 Å². The van der Waals surface area contributed by atoms with Gasteiger partial charge in [-0.25, -0.2) is 0 Å². The van der Waals surface area contributed by atoms with Gasteiger partial charge in [-0.2, -0.15) is 0 Å². The van der Waals surface area contributed by atoms with Gasteiger partial charge in [0.1, 0.15) is 0 Å². The fraction of sp³-hybridized carbons (Fsp3) is 0.389. The molecular weight excluding hydrogens is 232 g/mol. The SMILES string of the molecule is CC(C)(C)c1cccc2cc3c(cc12)CCCC3=O. The van der Waals surface area contributed by atoms with E-state index in [1.807, 2.05) is 0 Å². The van der Waals surface area contributed by atoms with E-state index >= 15 is 0 Å². The molecule has 1 aliphatic carbocycles. The second kappa shape index (κ2) is 4.19. The van der Waals surface area contributed by atoms with Crippen LogP contribution in [0.4, 0.5) is 0 Å². The maximum atomic E-state index is 12.0. The molecule has 0 atom stereocenters. The first-order chi connectivity index (χ1) is 8.97. The minimum atomic E-state index is 0.131. The van der Waals surface area contributed by atoms with Crippen molar-refractivity contribution in [3.05, 3.63) is 47.0 Å². The van der Waals surface area contributed by atoms with Gasteiger partial charge in [-0.15, -0.1) is 0 Å². The molecule has 1 aliphatic rings. The Kier molecular flexibility index (Phi) is 2.74. The van der Waals surface area contributed by atoms with Gasteiger partial charge >= 0.3 is 0 Å². The van der Waals surface area contributed by atoms with Crippen molar-refractivity contribution in [2.45, 2.75) is 45.4 Å². The number of hydrogen-bond acceptors (Lipinski definition) is 1. The second-order valence-corrected chi connectivity index (χ2v) is 6.56. The van der Waals surface area contributed by atoms with E-state index in [1.54, 1.807) is 0 Å². The van der Waals surface area contributed by atoms with Crippen molar-refractivity contribution in [2.24, 2.45) is 0 Å². The van der Waals surface area contributed by atoms with Gasteiger partial charge in [-0.05, 0) is 46.2 Å². The van der Waals surface area contributed by atoms with E-state index < -0.39 is 0 Å². The number of ketones is 1. The second-order valence-electron chi connectivity index (χ2n) is 6.56. The summed E-state index contributed by atoms with van der Waals surface area (Å²) in [5.41, 5.74) is 3.68. The van der Waals surface area contributed by atoms with Gasteiger partial charge < -0.3 is 0 Å². The lowest BCUT2D eigenvalue weighted by atomic mass is 9.81. The smallest absolute Gasteiger partial charge is 0.163 e. The maximum Gasteiger partial charge on any atom is 0.163 e. The highest BCUT2D eigenvalue weighted by Crippen LogP contribution is 2.33. The molecule has 2 aromatic rings. The molecule has 0 unspecified atom stereocenters. The summed E-state index contributed by atoms with van der Waals surface area (Å²) in [5.74, 6) is 0.310. The standard InChI is InChI=1S/C18H20O/c1-18(2,3)16-8-4-6-12-11-15-13(10-14(12)16)7-5-9-17(15)19/h4,6,8,10-11H,5,7,9H2,1-3H3. The quantitative estimate of drug-likeness (QED) is 0.666. The third-order valence-electron chi connectivity index (χ3n) is 4.06. The Balaban J connectivity index is 2.31. The Morgan fingerprint density at radius 2 is 1.84 bits per heavy atom. The Morgan fingerprint density at radius 1 is 1.05 bits per heavy atom. The average molecular weight is 252 g/mol. The summed E-state index contributed by atoms with van der Waals surface area (Å²) < 4.78 is 0. The van der Waals surface area contributed by atoms with Gasteiger partial charge in [0.05, 0.1) is 0 Å². The molecule has 0 spiro atoms. The highest BCUT2D eigenvalue weighted by Gasteiger charge is 2.21. The largest absolute Gasteiger partial charge is 0.294 e. The molecule has 0 fully saturated rings. The molecule has 1 heteroatoms. The highest BCUT2D eigenvalue weighted by atomic mass is 16.1. The number of hydrogen-bond donors (Lipinski definition) is 0. The minimum Gasteiger partial charge on any atom is -0.294 e. The summed E-state index contributed by atoms with van der Waals surface area (Å²) in [4.78, 5) is 12.0. The van der Waals surface area contributed by atoms with Gasteiger partial charge in [0.25, 0.3) is 0 Å². The summed E-state index contributed by atoms with van der Waals surface area (Å²) in [7, 11) is 0. The van der Waals surface area contributed by atoms with Crippen LogP contribution < -0.4 is 0 Å². The zero-order valence-corrected chi connectivity index (χ0v) is 11.9. The van der Waals surface area contributed by atoms with E-state index in [4.69, 9.17) is 0 Å². The molecule has 0 saturated carbocycles. The minimum absolute atomic E-state index is 0.131. The predicted octanol–water partition coefficient (Wildman–Crippen LogP) is 4.66. The van der Waals surface area contributed by atoms with E-state index in [0.29, 0.717) is 12.2 Å². The van der Waals surface area contributed by atoms with Gasteiger partial charge in [-0.1, -0.05) is 45.0 Å². The first-order valence-electron chi connectivity index (χ1n) is 7.06. The Labute approximate surface area is 114 Å². The molecule has 0 N–H and O–H groups in total. The molecule has 98 valence electrons. The summed E-state index contributed by atoms with van der Waals surface area (Å²) in [6.45, 7) is 6.73. The normalized spacial score (nSPS) is 15.6. The maximum absolute atomic E-state index is 12.0. The van der Waals surface area contributed by atoms with Crippen molar-refractivity contribution in [2.75, 3.05) is 0 Å². The van der Waals surface area contributed by atoms with Crippen LogP contribution in [-0.2, 0) is 11.8 Å². The monoisotopic (exact) mass is 252 g/mol. The van der Waals surface area contributed by atoms with Crippen LogP contribution in [0.5, 0.6) is 0 Å². The Hall–Kier alpha value is -1.63. The molecule has 0 saturated heterocycles. The zero-order valence-electron chi connectivity index (χ0n) is 11.9. The molecular formula is C18H20O. The lowest BCUT2D eigenvalue weighted by Crippen LogP contribution is -2.14. The lowest BCUT2D eigenvalue weighted by molar-refractivity contribution is 0.0972. The average Bonchev–Trinajstić information content (AvgIpc) is 2.35. The molecule has 0 amide bonds. The molecule has 1 nitrogen and oxygen atoms in total. The molecule has 0 radical (unpaired) electrons. The van der Waals surface area contributed by atoms with Gasteiger partial charge in [0, 0.05) is 12.0 Å². The molecule has 3 rings (SSSR count). The van der Waals surface area contributed by atoms with Crippen molar-refractivity contribution in [3.8, 4) is 0 Å². The van der Waals surface area contributed by atoms with E-state index in [-0.39, 0.29) is 5.41 Å². The summed E-state index contributed by atoms with van der Waals surface area (Å²) in [6.07, 6.45) is 2.74. The van der Waals surface area contributed by atoms with Crippen molar-refractivity contribution < 1.29 is 4.79 Å². The van der Waals surface area contributed by atoms with E-state index in [2.05, 4.69) is 51.1 Å². The predicted molar refractivity (Wildman–Crippen MR) is 79.9 cm³/mol. The zero-order chi connectivity index (χ0) is 13.6. The van der Waals surface area contributed by atoms with Crippen LogP contribution in [0.1, 0.15) is 55.1 Å². The Morgan fingerprint density at radius 3 is 2.58 bits per heavy atom. The van der Waals surface area contributed by atoms with Gasteiger partial charge in [0.15, 0.2) is 5.78 Å². The number of fused-ring (bicyclic) bond motifs is 2. The lowest BCUT2D eigenvalue weighted by Gasteiger charge is -2.23. The van der Waals surface area contributed by atoms with Crippen LogP contribution in [0.25, 0.3) is 10.8 Å². The first-order valence-corrected chi connectivity index (χ1v) is 7.06. The van der Waals surface area contributed by atoms with Crippen molar-refractivity contribution in [1.29, 1.82) is 0 Å². The fourth-order valence-electron chi connectivity index (χ4n) is 3.06. The van der Waals surface area contributed by atoms with Gasteiger partial charge in [-0.3, -0.25) is 4.79 Å². The summed E-state index contributed by atoms with van der Waals surface area (Å²) >= 11 is 0. The van der Waals surface area contributed by atoms with Crippen molar-refractivity contribution >= 4 is 16.6 Å². The van der Waals surface area contributed by atoms with Crippen LogP contribution in [0.2, 0.25) is 0 Å². The number of benzene rings is 2. The molecule has 0 aliphatic heterocycles. The molecule has 0 heterocycles. The molecule has 0 bridgehead atoms. The number of aryl methyl sites for hydroxylation is 1. The van der Waals surface area contributed by atoms with Gasteiger partial charge in [0.2, 0.25) is 0 Å². The van der Waals surface area contributed by atoms with E-state index in [1.165, 1.54) is 21.9 Å². The van der Waals surface area contributed by atoms with Crippen LogP contribution >= 0.6 is 0 Å². The van der Waals surface area contributed by atoms with Crippen LogP contribution in [0.15, 0.2) is 30.3 Å². The Bertz CT molecular complexity index is 659. The number of carbonyl (C=O) groups is 1. The number of rotatable bonds is 0. The van der Waals surface area contributed by atoms with Crippen LogP contribution in [0, 0.1) is 0 Å². The summed E-state index contributed by atoms with van der Waals surface area (Å²) in [6, 6.07) is 10.8. The molecule has 0 aromatic heterocycles. The number of carbonyl (C=O) groups excluding carboxylic acids is 1. The first kappa shape index (κ1) is 12.4. The van der Waals surface area contributed by atoms with Crippen molar-refractivity contribution in [1.82, 2.24) is 0 Å². The number of Topliss-reactive ketones (excluding diaryl/α,β-unsaturated/α-hetero) is 1. The van der Waals surface area contributed by atoms with Crippen LogP contribution in [-0.4, -0.2) is 5.78 Å². The molecule has 19 heavy (non-hydrogen) atoms. The third kappa shape index (κ3) is 2.07. The molecule has 2 aromatic carbocycles. The topological polar surface area (TPSA) is 17.1 Å². The van der Waals surface area contributed by atoms with Crippen LogP contribution in [0.3, 0.4) is 0 Å².